The first-order chi connectivity index (χ1) is 6.75. The molecule has 2 aromatic rings. The van der Waals surface area contributed by atoms with Crippen LogP contribution in [0.2, 0.25) is 0 Å². The van der Waals surface area contributed by atoms with Crippen molar-refractivity contribution in [3.05, 3.63) is 33.5 Å². The molecule has 72 valence electrons. The van der Waals surface area contributed by atoms with Gasteiger partial charge in [-0.1, -0.05) is 12.1 Å². The van der Waals surface area contributed by atoms with Crippen LogP contribution >= 0.6 is 22.6 Å². The van der Waals surface area contributed by atoms with Crippen LogP contribution in [0.4, 0.5) is 0 Å². The summed E-state index contributed by atoms with van der Waals surface area (Å²) >= 11 is 2.43. The number of fused-ring (bicyclic) bond motifs is 1. The lowest BCUT2D eigenvalue weighted by atomic mass is 10.2. The van der Waals surface area contributed by atoms with E-state index in [1.54, 1.807) is 0 Å². The van der Waals surface area contributed by atoms with Crippen molar-refractivity contribution in [1.29, 1.82) is 0 Å². The van der Waals surface area contributed by atoms with E-state index in [9.17, 15) is 0 Å². The fourth-order valence-corrected chi connectivity index (χ4v) is 2.73. The van der Waals surface area contributed by atoms with E-state index in [4.69, 9.17) is 0 Å². The molecule has 0 saturated heterocycles. The zero-order chi connectivity index (χ0) is 9.71. The van der Waals surface area contributed by atoms with Gasteiger partial charge in [-0.25, -0.2) is 0 Å². The largest absolute Gasteiger partial charge is 0.343 e. The number of benzene rings is 1. The Morgan fingerprint density at radius 1 is 1.36 bits per heavy atom. The summed E-state index contributed by atoms with van der Waals surface area (Å²) in [5.41, 5.74) is 2.77. The minimum absolute atomic E-state index is 0.780. The van der Waals surface area contributed by atoms with E-state index in [2.05, 4.69) is 58.5 Å². The lowest BCUT2D eigenvalue weighted by molar-refractivity contribution is 0.774. The molecule has 1 aromatic carbocycles. The number of rotatable bonds is 1. The van der Waals surface area contributed by atoms with Crippen molar-refractivity contribution in [2.24, 2.45) is 0 Å². The van der Waals surface area contributed by atoms with Crippen LogP contribution in [-0.4, -0.2) is 4.57 Å². The van der Waals surface area contributed by atoms with Crippen LogP contribution in [0.25, 0.3) is 10.9 Å². The highest BCUT2D eigenvalue weighted by molar-refractivity contribution is 14.1. The molecule has 0 N–H and O–H groups in total. The van der Waals surface area contributed by atoms with Gasteiger partial charge in [-0.3, -0.25) is 0 Å². The number of aryl methyl sites for hydroxylation is 1. The van der Waals surface area contributed by atoms with Crippen LogP contribution in [0.15, 0.2) is 24.4 Å². The number of hydrogen-bond acceptors (Lipinski definition) is 0. The third-order valence-corrected chi connectivity index (χ3v) is 3.74. The Labute approximate surface area is 97.2 Å². The molecular formula is C12H12IN. The summed E-state index contributed by atoms with van der Waals surface area (Å²) in [6.07, 6.45) is 5.00. The molecule has 1 aromatic heterocycles. The molecule has 1 heterocycles. The van der Waals surface area contributed by atoms with E-state index in [0.29, 0.717) is 0 Å². The van der Waals surface area contributed by atoms with Crippen LogP contribution in [0.5, 0.6) is 0 Å². The zero-order valence-corrected chi connectivity index (χ0v) is 10.3. The average Bonchev–Trinajstić information content (AvgIpc) is 2.93. The Balaban J connectivity index is 2.33. The summed E-state index contributed by atoms with van der Waals surface area (Å²) in [7, 11) is 0. The normalized spacial score (nSPS) is 16.4. The van der Waals surface area contributed by atoms with Crippen LogP contribution in [-0.2, 0) is 0 Å². The van der Waals surface area contributed by atoms with Crippen LogP contribution in [0.3, 0.4) is 0 Å². The summed E-state index contributed by atoms with van der Waals surface area (Å²) in [4.78, 5) is 0. The molecule has 3 rings (SSSR count). The van der Waals surface area contributed by atoms with Crippen LogP contribution in [0, 0.1) is 10.5 Å². The van der Waals surface area contributed by atoms with Crippen molar-refractivity contribution in [2.45, 2.75) is 25.8 Å². The van der Waals surface area contributed by atoms with E-state index >= 15 is 0 Å². The molecule has 0 amide bonds. The molecule has 0 radical (unpaired) electrons. The molecular weight excluding hydrogens is 285 g/mol. The number of aromatic nitrogens is 1. The van der Waals surface area contributed by atoms with Crippen LogP contribution < -0.4 is 0 Å². The first-order valence-electron chi connectivity index (χ1n) is 5.02. The molecule has 14 heavy (non-hydrogen) atoms. The number of hydrogen-bond donors (Lipinski definition) is 0. The molecule has 0 aliphatic heterocycles. The standard InChI is InChI=1S/C12H12IN/c1-8-2-5-10-11(13)7-14(9-3-4-9)12(10)6-8/h2,5-7,9H,3-4H2,1H3. The molecule has 2 heteroatoms. The fourth-order valence-electron chi connectivity index (χ4n) is 1.97. The second-order valence-corrected chi connectivity index (χ2v) is 5.30. The molecule has 0 unspecified atom stereocenters. The van der Waals surface area contributed by atoms with Crippen molar-refractivity contribution >= 4 is 33.5 Å². The monoisotopic (exact) mass is 297 g/mol. The molecule has 1 aliphatic carbocycles. The topological polar surface area (TPSA) is 4.93 Å². The first kappa shape index (κ1) is 8.77. The summed E-state index contributed by atoms with van der Waals surface area (Å²) in [6, 6.07) is 7.52. The minimum Gasteiger partial charge on any atom is -0.343 e. The van der Waals surface area contributed by atoms with E-state index in [1.165, 1.54) is 32.9 Å². The summed E-state index contributed by atoms with van der Waals surface area (Å²) in [5, 5.41) is 1.41. The summed E-state index contributed by atoms with van der Waals surface area (Å²) in [6.45, 7) is 2.16. The molecule has 1 fully saturated rings. The predicted molar refractivity (Wildman–Crippen MR) is 67.7 cm³/mol. The number of halogens is 1. The first-order valence-corrected chi connectivity index (χ1v) is 6.10. The molecule has 1 aliphatic rings. The van der Waals surface area contributed by atoms with Crippen molar-refractivity contribution < 1.29 is 0 Å². The third kappa shape index (κ3) is 1.28. The van der Waals surface area contributed by atoms with Crippen molar-refractivity contribution in [3.63, 3.8) is 0 Å². The van der Waals surface area contributed by atoms with Crippen molar-refractivity contribution in [3.8, 4) is 0 Å². The van der Waals surface area contributed by atoms with E-state index < -0.39 is 0 Å². The zero-order valence-electron chi connectivity index (χ0n) is 8.13. The third-order valence-electron chi connectivity index (χ3n) is 2.88. The van der Waals surface area contributed by atoms with Gasteiger partial charge >= 0.3 is 0 Å². The van der Waals surface area contributed by atoms with E-state index in [-0.39, 0.29) is 0 Å². The van der Waals surface area contributed by atoms with E-state index in [0.717, 1.165) is 6.04 Å². The minimum atomic E-state index is 0.780. The molecule has 1 nitrogen and oxygen atoms in total. The Hall–Kier alpha value is -0.510. The maximum atomic E-state index is 2.45. The highest BCUT2D eigenvalue weighted by Gasteiger charge is 2.25. The number of nitrogens with zero attached hydrogens (tertiary/aromatic N) is 1. The smallest absolute Gasteiger partial charge is 0.0496 e. The maximum absolute atomic E-state index is 2.45. The fraction of sp³-hybridized carbons (Fsp3) is 0.333. The van der Waals surface area contributed by atoms with Gasteiger partial charge in [0, 0.05) is 26.7 Å². The van der Waals surface area contributed by atoms with Gasteiger partial charge in [-0.2, -0.15) is 0 Å². The van der Waals surface area contributed by atoms with Crippen molar-refractivity contribution in [1.82, 2.24) is 4.57 Å². The van der Waals surface area contributed by atoms with Gasteiger partial charge in [-0.05, 0) is 54.0 Å². The second-order valence-electron chi connectivity index (χ2n) is 4.14. The molecule has 1 saturated carbocycles. The lowest BCUT2D eigenvalue weighted by Gasteiger charge is -2.02. The van der Waals surface area contributed by atoms with Gasteiger partial charge in [-0.15, -0.1) is 0 Å². The van der Waals surface area contributed by atoms with E-state index in [1.807, 2.05) is 0 Å². The summed E-state index contributed by atoms with van der Waals surface area (Å²) in [5.74, 6) is 0. The van der Waals surface area contributed by atoms with Gasteiger partial charge < -0.3 is 4.57 Å². The predicted octanol–water partition coefficient (Wildman–Crippen LogP) is 3.89. The highest BCUT2D eigenvalue weighted by atomic mass is 127. The quantitative estimate of drug-likeness (QED) is 0.704. The molecule has 0 spiro atoms. The van der Waals surface area contributed by atoms with Gasteiger partial charge in [0.05, 0.1) is 0 Å². The molecule has 0 atom stereocenters. The maximum Gasteiger partial charge on any atom is 0.0496 e. The lowest BCUT2D eigenvalue weighted by Crippen LogP contribution is -1.90. The second kappa shape index (κ2) is 2.99. The van der Waals surface area contributed by atoms with Gasteiger partial charge in [0.1, 0.15) is 0 Å². The van der Waals surface area contributed by atoms with Gasteiger partial charge in [0.25, 0.3) is 0 Å². The van der Waals surface area contributed by atoms with Gasteiger partial charge in [0.2, 0.25) is 0 Å². The Bertz CT molecular complexity index is 494. The SMILES string of the molecule is Cc1ccc2c(I)cn(C3CC3)c2c1. The summed E-state index contributed by atoms with van der Waals surface area (Å²) < 4.78 is 3.83. The Morgan fingerprint density at radius 2 is 2.14 bits per heavy atom. The molecule has 0 bridgehead atoms. The van der Waals surface area contributed by atoms with Gasteiger partial charge in [0.15, 0.2) is 0 Å². The highest BCUT2D eigenvalue weighted by Crippen LogP contribution is 2.39. The van der Waals surface area contributed by atoms with Crippen molar-refractivity contribution in [2.75, 3.05) is 0 Å². The average molecular weight is 297 g/mol. The van der Waals surface area contributed by atoms with Crippen LogP contribution in [0.1, 0.15) is 24.4 Å². The Kier molecular flexibility index (Phi) is 1.87. The Morgan fingerprint density at radius 3 is 2.86 bits per heavy atom.